The van der Waals surface area contributed by atoms with Crippen molar-refractivity contribution in [2.45, 2.75) is 33.6 Å². The lowest BCUT2D eigenvalue weighted by Crippen LogP contribution is -2.10. The molecule has 1 nitrogen and oxygen atoms in total. The van der Waals surface area contributed by atoms with Gasteiger partial charge in [-0.05, 0) is 67.3 Å². The maximum absolute atomic E-state index is 2.32. The van der Waals surface area contributed by atoms with E-state index in [1.165, 1.54) is 33.8 Å². The molecule has 0 saturated carbocycles. The summed E-state index contributed by atoms with van der Waals surface area (Å²) in [5, 5.41) is 0. The van der Waals surface area contributed by atoms with E-state index in [9.17, 15) is 0 Å². The van der Waals surface area contributed by atoms with Crippen molar-refractivity contribution in [3.05, 3.63) is 89.5 Å². The largest absolute Gasteiger partial charge is 0.311 e. The Balaban J connectivity index is 2.06. The van der Waals surface area contributed by atoms with Crippen LogP contribution in [-0.4, -0.2) is 0 Å². The van der Waals surface area contributed by atoms with Crippen molar-refractivity contribution in [2.24, 2.45) is 0 Å². The molecule has 0 aliphatic heterocycles. The molecule has 0 atom stereocenters. The average Bonchev–Trinajstić information content (AvgIpc) is 2.64. The van der Waals surface area contributed by atoms with Crippen molar-refractivity contribution in [3.63, 3.8) is 0 Å². The SMILES string of the molecule is CCc1ccc(N(c2ccc(C)cc2)c2ccc(CC)cc2)cc1. The minimum atomic E-state index is 1.07. The molecule has 0 fully saturated rings. The molecule has 1 heteroatoms. The number of hydrogen-bond donors (Lipinski definition) is 0. The maximum Gasteiger partial charge on any atom is 0.0461 e. The molecule has 0 aliphatic rings. The standard InChI is InChI=1S/C23H25N/c1-4-19-8-14-22(15-9-19)24(21-12-6-18(3)7-13-21)23-16-10-20(5-2)11-17-23/h6-17H,4-5H2,1-3H3. The van der Waals surface area contributed by atoms with Gasteiger partial charge in [0, 0.05) is 17.1 Å². The molecule has 24 heavy (non-hydrogen) atoms. The van der Waals surface area contributed by atoms with Crippen LogP contribution in [-0.2, 0) is 12.8 Å². The summed E-state index contributed by atoms with van der Waals surface area (Å²) in [6.07, 6.45) is 2.13. The van der Waals surface area contributed by atoms with E-state index < -0.39 is 0 Å². The number of rotatable bonds is 5. The Hall–Kier alpha value is -2.54. The van der Waals surface area contributed by atoms with E-state index in [-0.39, 0.29) is 0 Å². The minimum Gasteiger partial charge on any atom is -0.311 e. The highest BCUT2D eigenvalue weighted by Gasteiger charge is 2.12. The Kier molecular flexibility index (Phi) is 5.00. The van der Waals surface area contributed by atoms with Crippen LogP contribution >= 0.6 is 0 Å². The first-order chi connectivity index (χ1) is 11.7. The van der Waals surface area contributed by atoms with Crippen LogP contribution < -0.4 is 4.90 Å². The van der Waals surface area contributed by atoms with E-state index in [2.05, 4.69) is 98.5 Å². The van der Waals surface area contributed by atoms with Gasteiger partial charge in [0.15, 0.2) is 0 Å². The molecule has 3 aromatic carbocycles. The Labute approximate surface area is 145 Å². The first kappa shape index (κ1) is 16.3. The molecule has 0 aliphatic carbocycles. The van der Waals surface area contributed by atoms with E-state index in [4.69, 9.17) is 0 Å². The van der Waals surface area contributed by atoms with Crippen LogP contribution in [0.25, 0.3) is 0 Å². The summed E-state index contributed by atoms with van der Waals surface area (Å²) in [7, 11) is 0. The third-order valence-corrected chi connectivity index (χ3v) is 4.50. The Morgan fingerprint density at radius 2 is 0.875 bits per heavy atom. The molecule has 0 aromatic heterocycles. The van der Waals surface area contributed by atoms with Gasteiger partial charge < -0.3 is 4.90 Å². The van der Waals surface area contributed by atoms with E-state index >= 15 is 0 Å². The number of benzene rings is 3. The molecule has 0 amide bonds. The summed E-state index contributed by atoms with van der Waals surface area (Å²) < 4.78 is 0. The lowest BCUT2D eigenvalue weighted by Gasteiger charge is -2.26. The summed E-state index contributed by atoms with van der Waals surface area (Å²) >= 11 is 0. The van der Waals surface area contributed by atoms with Crippen LogP contribution in [0.2, 0.25) is 0 Å². The van der Waals surface area contributed by atoms with Gasteiger partial charge in [0.2, 0.25) is 0 Å². The van der Waals surface area contributed by atoms with Gasteiger partial charge in [-0.3, -0.25) is 0 Å². The highest BCUT2D eigenvalue weighted by Crippen LogP contribution is 2.34. The van der Waals surface area contributed by atoms with Crippen LogP contribution in [0, 0.1) is 6.92 Å². The topological polar surface area (TPSA) is 3.24 Å². The smallest absolute Gasteiger partial charge is 0.0461 e. The van der Waals surface area contributed by atoms with E-state index in [0.29, 0.717) is 0 Å². The predicted octanol–water partition coefficient (Wildman–Crippen LogP) is 6.59. The van der Waals surface area contributed by atoms with Gasteiger partial charge in [0.25, 0.3) is 0 Å². The number of aryl methyl sites for hydroxylation is 3. The van der Waals surface area contributed by atoms with Crippen LogP contribution in [0.3, 0.4) is 0 Å². The second kappa shape index (κ2) is 7.35. The molecule has 0 bridgehead atoms. The first-order valence-corrected chi connectivity index (χ1v) is 8.76. The normalized spacial score (nSPS) is 10.6. The Morgan fingerprint density at radius 3 is 1.21 bits per heavy atom. The summed E-state index contributed by atoms with van der Waals surface area (Å²) in [5.41, 5.74) is 7.59. The zero-order valence-corrected chi connectivity index (χ0v) is 14.8. The Morgan fingerprint density at radius 1 is 0.542 bits per heavy atom. The molecule has 0 N–H and O–H groups in total. The van der Waals surface area contributed by atoms with Crippen molar-refractivity contribution in [3.8, 4) is 0 Å². The third-order valence-electron chi connectivity index (χ3n) is 4.50. The van der Waals surface area contributed by atoms with Gasteiger partial charge in [-0.15, -0.1) is 0 Å². The van der Waals surface area contributed by atoms with Crippen molar-refractivity contribution in [2.75, 3.05) is 4.90 Å². The maximum atomic E-state index is 2.32. The highest BCUT2D eigenvalue weighted by atomic mass is 15.1. The van der Waals surface area contributed by atoms with E-state index in [0.717, 1.165) is 12.8 Å². The fourth-order valence-corrected chi connectivity index (χ4v) is 2.90. The van der Waals surface area contributed by atoms with Crippen LogP contribution in [0.5, 0.6) is 0 Å². The quantitative estimate of drug-likeness (QED) is 0.513. The third kappa shape index (κ3) is 3.51. The van der Waals surface area contributed by atoms with Crippen LogP contribution in [0.15, 0.2) is 72.8 Å². The summed E-state index contributed by atoms with van der Waals surface area (Å²) in [6, 6.07) is 26.5. The van der Waals surface area contributed by atoms with Gasteiger partial charge in [-0.2, -0.15) is 0 Å². The minimum absolute atomic E-state index is 1.07. The van der Waals surface area contributed by atoms with Gasteiger partial charge >= 0.3 is 0 Å². The molecule has 0 radical (unpaired) electrons. The van der Waals surface area contributed by atoms with Gasteiger partial charge in [0.1, 0.15) is 0 Å². The fraction of sp³-hybridized carbons (Fsp3) is 0.217. The average molecular weight is 315 g/mol. The second-order valence-electron chi connectivity index (χ2n) is 6.21. The zero-order chi connectivity index (χ0) is 16.9. The molecule has 122 valence electrons. The van der Waals surface area contributed by atoms with Gasteiger partial charge in [-0.25, -0.2) is 0 Å². The molecule has 0 unspecified atom stereocenters. The van der Waals surface area contributed by atoms with Gasteiger partial charge in [0.05, 0.1) is 0 Å². The van der Waals surface area contributed by atoms with Crippen molar-refractivity contribution in [1.29, 1.82) is 0 Å². The molecular formula is C23H25N. The summed E-state index contributed by atoms with van der Waals surface area (Å²) in [6.45, 7) is 6.51. The molecule has 3 aromatic rings. The fourth-order valence-electron chi connectivity index (χ4n) is 2.90. The highest BCUT2D eigenvalue weighted by molar-refractivity contribution is 5.76. The lowest BCUT2D eigenvalue weighted by atomic mass is 10.1. The molecule has 0 saturated heterocycles. The second-order valence-corrected chi connectivity index (χ2v) is 6.21. The number of nitrogens with zero attached hydrogens (tertiary/aromatic N) is 1. The van der Waals surface area contributed by atoms with Crippen LogP contribution in [0.4, 0.5) is 17.1 Å². The molecular weight excluding hydrogens is 290 g/mol. The number of hydrogen-bond acceptors (Lipinski definition) is 1. The van der Waals surface area contributed by atoms with Crippen LogP contribution in [0.1, 0.15) is 30.5 Å². The first-order valence-electron chi connectivity index (χ1n) is 8.76. The number of anilines is 3. The van der Waals surface area contributed by atoms with Crippen molar-refractivity contribution < 1.29 is 0 Å². The predicted molar refractivity (Wildman–Crippen MR) is 105 cm³/mol. The van der Waals surface area contributed by atoms with Gasteiger partial charge in [-0.1, -0.05) is 55.8 Å². The van der Waals surface area contributed by atoms with E-state index in [1.54, 1.807) is 0 Å². The van der Waals surface area contributed by atoms with E-state index in [1.807, 2.05) is 0 Å². The zero-order valence-electron chi connectivity index (χ0n) is 14.8. The monoisotopic (exact) mass is 315 g/mol. The molecule has 3 rings (SSSR count). The summed E-state index contributed by atoms with van der Waals surface area (Å²) in [4.78, 5) is 2.32. The molecule has 0 heterocycles. The lowest BCUT2D eigenvalue weighted by molar-refractivity contribution is 1.13. The summed E-state index contributed by atoms with van der Waals surface area (Å²) in [5.74, 6) is 0. The van der Waals surface area contributed by atoms with Crippen molar-refractivity contribution in [1.82, 2.24) is 0 Å². The van der Waals surface area contributed by atoms with Crippen molar-refractivity contribution >= 4 is 17.1 Å². The Bertz CT molecular complexity index is 720. The molecule has 0 spiro atoms.